The second kappa shape index (κ2) is 8.98. The molecule has 1 amide bonds. The minimum absolute atomic E-state index is 0.294. The Labute approximate surface area is 145 Å². The lowest BCUT2D eigenvalue weighted by atomic mass is 10.3. The molecule has 0 spiro atoms. The summed E-state index contributed by atoms with van der Waals surface area (Å²) < 4.78 is 10.6. The second-order valence-electron chi connectivity index (χ2n) is 5.02. The quantitative estimate of drug-likeness (QED) is 0.452. The molecular formula is C18H19NO4S. The van der Waals surface area contributed by atoms with E-state index in [1.54, 1.807) is 43.0 Å². The van der Waals surface area contributed by atoms with Gasteiger partial charge in [-0.2, -0.15) is 0 Å². The number of primary amides is 1. The van der Waals surface area contributed by atoms with Crippen LogP contribution in [0.4, 0.5) is 0 Å². The lowest BCUT2D eigenvalue weighted by Gasteiger charge is -2.11. The summed E-state index contributed by atoms with van der Waals surface area (Å²) in [6.45, 7) is 1.57. The summed E-state index contributed by atoms with van der Waals surface area (Å²) in [7, 11) is 0. The van der Waals surface area contributed by atoms with Crippen molar-refractivity contribution < 1.29 is 19.1 Å². The van der Waals surface area contributed by atoms with Gasteiger partial charge in [-0.05, 0) is 43.3 Å². The van der Waals surface area contributed by atoms with Crippen LogP contribution in [-0.4, -0.2) is 23.7 Å². The van der Waals surface area contributed by atoms with E-state index in [1.165, 1.54) is 0 Å². The van der Waals surface area contributed by atoms with Gasteiger partial charge in [0, 0.05) is 10.6 Å². The van der Waals surface area contributed by atoms with E-state index < -0.39 is 12.0 Å². The normalized spacial score (nSPS) is 11.5. The summed E-state index contributed by atoms with van der Waals surface area (Å²) in [5.41, 5.74) is 5.13. The maximum Gasteiger partial charge on any atom is 0.312 e. The Bertz CT molecular complexity index is 673. The number of amides is 1. The zero-order valence-corrected chi connectivity index (χ0v) is 14.1. The van der Waals surface area contributed by atoms with Crippen LogP contribution in [0.25, 0.3) is 0 Å². The summed E-state index contributed by atoms with van der Waals surface area (Å²) >= 11 is 1.61. The fourth-order valence-corrected chi connectivity index (χ4v) is 2.65. The van der Waals surface area contributed by atoms with Crippen LogP contribution in [0.15, 0.2) is 59.5 Å². The van der Waals surface area contributed by atoms with Gasteiger partial charge in [-0.3, -0.25) is 9.59 Å². The van der Waals surface area contributed by atoms with E-state index in [0.29, 0.717) is 23.7 Å². The number of ether oxygens (including phenoxy) is 2. The molecule has 6 heteroatoms. The first-order valence-corrected chi connectivity index (χ1v) is 8.48. The molecule has 2 rings (SSSR count). The van der Waals surface area contributed by atoms with Crippen LogP contribution in [-0.2, 0) is 9.59 Å². The predicted molar refractivity (Wildman–Crippen MR) is 93.1 cm³/mol. The van der Waals surface area contributed by atoms with E-state index in [4.69, 9.17) is 15.2 Å². The minimum Gasteiger partial charge on any atom is -0.481 e. The molecule has 0 aliphatic carbocycles. The number of thioether (sulfide) groups is 1. The van der Waals surface area contributed by atoms with Gasteiger partial charge >= 0.3 is 5.97 Å². The molecule has 0 bridgehead atoms. The van der Waals surface area contributed by atoms with E-state index in [-0.39, 0.29) is 5.97 Å². The molecule has 5 nitrogen and oxygen atoms in total. The number of nitrogens with two attached hydrogens (primary N) is 1. The minimum atomic E-state index is -0.714. The fraction of sp³-hybridized carbons (Fsp3) is 0.222. The molecule has 0 aromatic heterocycles. The monoisotopic (exact) mass is 345 g/mol. The molecule has 1 unspecified atom stereocenters. The summed E-state index contributed by atoms with van der Waals surface area (Å²) in [4.78, 5) is 23.9. The smallest absolute Gasteiger partial charge is 0.312 e. The van der Waals surface area contributed by atoms with Crippen LogP contribution in [0.3, 0.4) is 0 Å². The Morgan fingerprint density at radius 2 is 1.67 bits per heavy atom. The van der Waals surface area contributed by atoms with Gasteiger partial charge in [0.1, 0.15) is 11.5 Å². The van der Waals surface area contributed by atoms with Crippen molar-refractivity contribution in [2.75, 3.05) is 5.75 Å². The third-order valence-corrected chi connectivity index (χ3v) is 4.10. The zero-order chi connectivity index (χ0) is 17.4. The van der Waals surface area contributed by atoms with Crippen molar-refractivity contribution in [2.24, 2.45) is 5.73 Å². The maximum absolute atomic E-state index is 11.8. The fourth-order valence-electron chi connectivity index (χ4n) is 1.80. The van der Waals surface area contributed by atoms with Gasteiger partial charge in [-0.1, -0.05) is 18.2 Å². The summed E-state index contributed by atoms with van der Waals surface area (Å²) in [5.74, 6) is 0.740. The van der Waals surface area contributed by atoms with Gasteiger partial charge in [0.05, 0.1) is 6.42 Å². The van der Waals surface area contributed by atoms with Crippen molar-refractivity contribution in [1.29, 1.82) is 0 Å². The lowest BCUT2D eigenvalue weighted by Crippen LogP contribution is -2.30. The van der Waals surface area contributed by atoms with Crippen LogP contribution in [0, 0.1) is 0 Å². The van der Waals surface area contributed by atoms with Crippen LogP contribution < -0.4 is 15.2 Å². The summed E-state index contributed by atoms with van der Waals surface area (Å²) in [6, 6.07) is 16.4. The first-order valence-electron chi connectivity index (χ1n) is 7.49. The van der Waals surface area contributed by atoms with Gasteiger partial charge < -0.3 is 15.2 Å². The van der Waals surface area contributed by atoms with Gasteiger partial charge in [0.15, 0.2) is 6.10 Å². The van der Waals surface area contributed by atoms with Crippen molar-refractivity contribution in [3.63, 3.8) is 0 Å². The van der Waals surface area contributed by atoms with E-state index in [1.807, 2.05) is 30.3 Å². The van der Waals surface area contributed by atoms with Crippen molar-refractivity contribution in [3.8, 4) is 11.5 Å². The van der Waals surface area contributed by atoms with Crippen molar-refractivity contribution >= 4 is 23.6 Å². The van der Waals surface area contributed by atoms with Crippen LogP contribution in [0.1, 0.15) is 13.3 Å². The second-order valence-corrected chi connectivity index (χ2v) is 6.19. The molecule has 0 heterocycles. The number of carbonyl (C=O) groups is 2. The SMILES string of the molecule is CC(Oc1ccc(OC(=O)CCSc2ccccc2)cc1)C(N)=O. The molecule has 0 saturated carbocycles. The highest BCUT2D eigenvalue weighted by molar-refractivity contribution is 7.99. The third-order valence-electron chi connectivity index (χ3n) is 3.09. The highest BCUT2D eigenvalue weighted by atomic mass is 32.2. The van der Waals surface area contributed by atoms with Crippen molar-refractivity contribution in [3.05, 3.63) is 54.6 Å². The molecule has 24 heavy (non-hydrogen) atoms. The van der Waals surface area contributed by atoms with Crippen LogP contribution >= 0.6 is 11.8 Å². The molecule has 0 aliphatic heterocycles. The summed E-state index contributed by atoms with van der Waals surface area (Å²) in [5, 5.41) is 0. The number of carbonyl (C=O) groups excluding carboxylic acids is 2. The van der Waals surface area contributed by atoms with Crippen molar-refractivity contribution in [2.45, 2.75) is 24.3 Å². The van der Waals surface area contributed by atoms with Crippen LogP contribution in [0.2, 0.25) is 0 Å². The molecule has 126 valence electrons. The Hall–Kier alpha value is -2.47. The largest absolute Gasteiger partial charge is 0.481 e. The molecule has 0 aliphatic rings. The molecule has 0 fully saturated rings. The van der Waals surface area contributed by atoms with Gasteiger partial charge in [0.2, 0.25) is 0 Å². The summed E-state index contributed by atoms with van der Waals surface area (Å²) in [6.07, 6.45) is -0.398. The van der Waals surface area contributed by atoms with E-state index in [2.05, 4.69) is 0 Å². The Morgan fingerprint density at radius 3 is 2.29 bits per heavy atom. The Kier molecular flexibility index (Phi) is 6.69. The average Bonchev–Trinajstić information content (AvgIpc) is 2.57. The van der Waals surface area contributed by atoms with Crippen molar-refractivity contribution in [1.82, 2.24) is 0 Å². The Morgan fingerprint density at radius 1 is 1.04 bits per heavy atom. The lowest BCUT2D eigenvalue weighted by molar-refractivity contribution is -0.133. The van der Waals surface area contributed by atoms with E-state index in [0.717, 1.165) is 4.90 Å². The van der Waals surface area contributed by atoms with E-state index >= 15 is 0 Å². The number of rotatable bonds is 8. The first kappa shape index (κ1) is 17.9. The molecule has 0 saturated heterocycles. The van der Waals surface area contributed by atoms with Gasteiger partial charge in [-0.15, -0.1) is 11.8 Å². The third kappa shape index (κ3) is 5.96. The zero-order valence-electron chi connectivity index (χ0n) is 13.3. The molecule has 2 aromatic carbocycles. The molecule has 2 aromatic rings. The molecule has 1 atom stereocenters. The predicted octanol–water partition coefficient (Wildman–Crippen LogP) is 3.03. The highest BCUT2D eigenvalue weighted by Gasteiger charge is 2.10. The molecular weight excluding hydrogens is 326 g/mol. The topological polar surface area (TPSA) is 78.6 Å². The first-order chi connectivity index (χ1) is 11.5. The standard InChI is InChI=1S/C18H19NO4S/c1-13(18(19)21)22-14-7-9-15(10-8-14)23-17(20)11-12-24-16-5-3-2-4-6-16/h2-10,13H,11-12H2,1H3,(H2,19,21). The highest BCUT2D eigenvalue weighted by Crippen LogP contribution is 2.21. The number of benzene rings is 2. The van der Waals surface area contributed by atoms with Gasteiger partial charge in [0.25, 0.3) is 5.91 Å². The van der Waals surface area contributed by atoms with E-state index in [9.17, 15) is 9.59 Å². The molecule has 2 N–H and O–H groups in total. The van der Waals surface area contributed by atoms with Crippen LogP contribution in [0.5, 0.6) is 11.5 Å². The number of esters is 1. The Balaban J connectivity index is 1.76. The number of hydrogen-bond donors (Lipinski definition) is 1. The maximum atomic E-state index is 11.8. The van der Waals surface area contributed by atoms with Gasteiger partial charge in [-0.25, -0.2) is 0 Å². The molecule has 0 radical (unpaired) electrons. The number of hydrogen-bond acceptors (Lipinski definition) is 5. The average molecular weight is 345 g/mol.